The van der Waals surface area contributed by atoms with E-state index in [1.165, 1.54) is 0 Å². The second kappa shape index (κ2) is 4.87. The standard InChI is InChI=1S/C12H20N4O/c1-8-6-10(13)4-5-16(8)11-9(2)12(17-3)15-7-14-11/h7-8,10H,4-6,13H2,1-3H3. The molecule has 0 saturated carbocycles. The summed E-state index contributed by atoms with van der Waals surface area (Å²) in [7, 11) is 1.63. The van der Waals surface area contributed by atoms with Crippen LogP contribution in [0.2, 0.25) is 0 Å². The maximum Gasteiger partial charge on any atom is 0.221 e. The van der Waals surface area contributed by atoms with E-state index in [-0.39, 0.29) is 0 Å². The van der Waals surface area contributed by atoms with Gasteiger partial charge in [-0.1, -0.05) is 0 Å². The van der Waals surface area contributed by atoms with Gasteiger partial charge in [0.15, 0.2) is 0 Å². The first-order chi connectivity index (χ1) is 8.13. The largest absolute Gasteiger partial charge is 0.481 e. The van der Waals surface area contributed by atoms with Gasteiger partial charge in [0.25, 0.3) is 0 Å². The molecule has 94 valence electrons. The second-order valence-electron chi connectivity index (χ2n) is 4.66. The number of aromatic nitrogens is 2. The van der Waals surface area contributed by atoms with Crippen LogP contribution in [0.25, 0.3) is 0 Å². The summed E-state index contributed by atoms with van der Waals surface area (Å²) in [6, 6.07) is 0.724. The predicted molar refractivity (Wildman–Crippen MR) is 67.3 cm³/mol. The molecule has 0 bridgehead atoms. The first-order valence-electron chi connectivity index (χ1n) is 6.01. The van der Waals surface area contributed by atoms with Gasteiger partial charge in [0.1, 0.15) is 12.1 Å². The number of hydrogen-bond acceptors (Lipinski definition) is 5. The van der Waals surface area contributed by atoms with Crippen molar-refractivity contribution in [3.05, 3.63) is 11.9 Å². The zero-order chi connectivity index (χ0) is 12.4. The Morgan fingerprint density at radius 3 is 2.88 bits per heavy atom. The highest BCUT2D eigenvalue weighted by molar-refractivity contribution is 5.51. The average molecular weight is 236 g/mol. The van der Waals surface area contributed by atoms with E-state index in [1.54, 1.807) is 13.4 Å². The molecule has 1 saturated heterocycles. The van der Waals surface area contributed by atoms with Crippen LogP contribution in [0, 0.1) is 6.92 Å². The predicted octanol–water partition coefficient (Wildman–Crippen LogP) is 1.11. The lowest BCUT2D eigenvalue weighted by atomic mass is 9.99. The number of ether oxygens (including phenoxy) is 1. The second-order valence-corrected chi connectivity index (χ2v) is 4.66. The molecular weight excluding hydrogens is 216 g/mol. The van der Waals surface area contributed by atoms with E-state index in [1.807, 2.05) is 6.92 Å². The molecule has 1 aliphatic heterocycles. The summed E-state index contributed by atoms with van der Waals surface area (Å²) in [5.74, 6) is 1.62. The fourth-order valence-electron chi connectivity index (χ4n) is 2.44. The molecule has 2 N–H and O–H groups in total. The maximum atomic E-state index is 5.98. The van der Waals surface area contributed by atoms with E-state index in [9.17, 15) is 0 Å². The van der Waals surface area contributed by atoms with Gasteiger partial charge in [-0.2, -0.15) is 0 Å². The van der Waals surface area contributed by atoms with Crippen LogP contribution in [0.3, 0.4) is 0 Å². The van der Waals surface area contributed by atoms with Gasteiger partial charge in [-0.3, -0.25) is 0 Å². The van der Waals surface area contributed by atoms with Crippen molar-refractivity contribution >= 4 is 5.82 Å². The summed E-state index contributed by atoms with van der Waals surface area (Å²) < 4.78 is 5.23. The lowest BCUT2D eigenvalue weighted by molar-refractivity contribution is 0.390. The van der Waals surface area contributed by atoms with Crippen LogP contribution in [0.4, 0.5) is 5.82 Å². The third kappa shape index (κ3) is 2.34. The Kier molecular flexibility index (Phi) is 3.47. The summed E-state index contributed by atoms with van der Waals surface area (Å²) >= 11 is 0. The smallest absolute Gasteiger partial charge is 0.221 e. The van der Waals surface area contributed by atoms with Crippen molar-refractivity contribution in [1.82, 2.24) is 9.97 Å². The van der Waals surface area contributed by atoms with Crippen molar-refractivity contribution in [1.29, 1.82) is 0 Å². The van der Waals surface area contributed by atoms with Crippen LogP contribution in [-0.2, 0) is 0 Å². The molecule has 1 aliphatic rings. The number of piperidine rings is 1. The molecule has 1 aromatic rings. The Bertz CT molecular complexity index is 396. The highest BCUT2D eigenvalue weighted by Gasteiger charge is 2.26. The van der Waals surface area contributed by atoms with Gasteiger partial charge in [-0.15, -0.1) is 0 Å². The highest BCUT2D eigenvalue weighted by Crippen LogP contribution is 2.28. The van der Waals surface area contributed by atoms with Crippen molar-refractivity contribution in [2.75, 3.05) is 18.6 Å². The van der Waals surface area contributed by atoms with Crippen LogP contribution in [0.5, 0.6) is 5.88 Å². The van der Waals surface area contributed by atoms with Crippen LogP contribution in [0.1, 0.15) is 25.3 Å². The van der Waals surface area contributed by atoms with E-state index in [4.69, 9.17) is 10.5 Å². The van der Waals surface area contributed by atoms with E-state index in [0.717, 1.165) is 30.8 Å². The minimum atomic E-state index is 0.310. The lowest BCUT2D eigenvalue weighted by Gasteiger charge is -2.37. The van der Waals surface area contributed by atoms with Crippen molar-refractivity contribution in [3.8, 4) is 5.88 Å². The van der Waals surface area contributed by atoms with Gasteiger partial charge in [-0.25, -0.2) is 9.97 Å². The van der Waals surface area contributed by atoms with Crippen LogP contribution in [-0.4, -0.2) is 35.7 Å². The van der Waals surface area contributed by atoms with Crippen molar-refractivity contribution in [3.63, 3.8) is 0 Å². The van der Waals surface area contributed by atoms with E-state index in [2.05, 4.69) is 21.8 Å². The average Bonchev–Trinajstić information content (AvgIpc) is 2.30. The molecule has 1 fully saturated rings. The summed E-state index contributed by atoms with van der Waals surface area (Å²) in [5.41, 5.74) is 6.97. The number of nitrogens with two attached hydrogens (primary N) is 1. The van der Waals surface area contributed by atoms with Gasteiger partial charge in [0.05, 0.1) is 12.7 Å². The molecule has 5 nitrogen and oxygen atoms in total. The van der Waals surface area contributed by atoms with E-state index in [0.29, 0.717) is 18.0 Å². The zero-order valence-electron chi connectivity index (χ0n) is 10.7. The Morgan fingerprint density at radius 2 is 2.24 bits per heavy atom. The normalized spacial score (nSPS) is 24.8. The Morgan fingerprint density at radius 1 is 1.47 bits per heavy atom. The Balaban J connectivity index is 2.28. The third-order valence-corrected chi connectivity index (χ3v) is 3.39. The van der Waals surface area contributed by atoms with Crippen LogP contribution in [0.15, 0.2) is 6.33 Å². The van der Waals surface area contributed by atoms with Crippen molar-refractivity contribution in [2.24, 2.45) is 5.73 Å². The summed E-state index contributed by atoms with van der Waals surface area (Å²) in [6.45, 7) is 5.13. The van der Waals surface area contributed by atoms with Crippen LogP contribution >= 0.6 is 0 Å². The number of hydrogen-bond donors (Lipinski definition) is 1. The third-order valence-electron chi connectivity index (χ3n) is 3.39. The highest BCUT2D eigenvalue weighted by atomic mass is 16.5. The van der Waals surface area contributed by atoms with Gasteiger partial charge < -0.3 is 15.4 Å². The Labute approximate surface area is 102 Å². The molecule has 0 amide bonds. The molecule has 2 heterocycles. The number of rotatable bonds is 2. The van der Waals surface area contributed by atoms with Crippen molar-refractivity contribution < 1.29 is 4.74 Å². The van der Waals surface area contributed by atoms with E-state index < -0.39 is 0 Å². The molecule has 0 aliphatic carbocycles. The summed E-state index contributed by atoms with van der Waals surface area (Å²) in [6.07, 6.45) is 3.57. The summed E-state index contributed by atoms with van der Waals surface area (Å²) in [4.78, 5) is 10.8. The van der Waals surface area contributed by atoms with Gasteiger partial charge in [0, 0.05) is 18.6 Å². The Hall–Kier alpha value is -1.36. The van der Waals surface area contributed by atoms with Gasteiger partial charge >= 0.3 is 0 Å². The first-order valence-corrected chi connectivity index (χ1v) is 6.01. The lowest BCUT2D eigenvalue weighted by Crippen LogP contribution is -2.46. The molecule has 0 aromatic carbocycles. The first kappa shape index (κ1) is 12.1. The molecule has 2 atom stereocenters. The molecule has 17 heavy (non-hydrogen) atoms. The molecule has 0 radical (unpaired) electrons. The molecule has 5 heteroatoms. The monoisotopic (exact) mass is 236 g/mol. The van der Waals surface area contributed by atoms with Gasteiger partial charge in [0.2, 0.25) is 5.88 Å². The molecule has 2 unspecified atom stereocenters. The van der Waals surface area contributed by atoms with Gasteiger partial charge in [-0.05, 0) is 26.7 Å². The molecule has 0 spiro atoms. The number of nitrogens with zero attached hydrogens (tertiary/aromatic N) is 3. The minimum absolute atomic E-state index is 0.310. The fraction of sp³-hybridized carbons (Fsp3) is 0.667. The zero-order valence-corrected chi connectivity index (χ0v) is 10.7. The molecule has 2 rings (SSSR count). The fourth-order valence-corrected chi connectivity index (χ4v) is 2.44. The SMILES string of the molecule is COc1ncnc(N2CCC(N)CC2C)c1C. The van der Waals surface area contributed by atoms with Crippen LogP contribution < -0.4 is 15.4 Å². The molecular formula is C12H20N4O. The number of methoxy groups -OCH3 is 1. The number of anilines is 1. The quantitative estimate of drug-likeness (QED) is 0.833. The minimum Gasteiger partial charge on any atom is -0.481 e. The summed E-state index contributed by atoms with van der Waals surface area (Å²) in [5, 5.41) is 0. The molecule has 1 aromatic heterocycles. The maximum absolute atomic E-state index is 5.98. The van der Waals surface area contributed by atoms with Crippen molar-refractivity contribution in [2.45, 2.75) is 38.8 Å². The topological polar surface area (TPSA) is 64.3 Å². The van der Waals surface area contributed by atoms with E-state index >= 15 is 0 Å².